The molecule has 102 valence electrons. The van der Waals surface area contributed by atoms with Gasteiger partial charge in [-0.05, 0) is 18.8 Å². The largest absolute Gasteiger partial charge is 0.345 e. The van der Waals surface area contributed by atoms with E-state index in [4.69, 9.17) is 16.6 Å². The molecule has 0 aliphatic heterocycles. The Morgan fingerprint density at radius 3 is 2.78 bits per heavy atom. The average Bonchev–Trinajstić information content (AvgIpc) is 2.97. The molecule has 1 aliphatic rings. The fraction of sp³-hybridized carbons (Fsp3) is 0.786. The fourth-order valence-electron chi connectivity index (χ4n) is 2.63. The van der Waals surface area contributed by atoms with Crippen LogP contribution in [0.4, 0.5) is 5.13 Å². The van der Waals surface area contributed by atoms with Crippen LogP contribution in [0.2, 0.25) is 0 Å². The Morgan fingerprint density at radius 2 is 2.17 bits per heavy atom. The minimum Gasteiger partial charge on any atom is -0.345 e. The molecule has 1 aromatic rings. The molecular weight excluding hydrogens is 264 g/mol. The van der Waals surface area contributed by atoms with Crippen molar-refractivity contribution in [3.05, 3.63) is 11.1 Å². The zero-order chi connectivity index (χ0) is 13.0. The lowest BCUT2D eigenvalue weighted by molar-refractivity contribution is 0.534. The summed E-state index contributed by atoms with van der Waals surface area (Å²) in [5, 5.41) is 3.37. The topological polar surface area (TPSA) is 16.1 Å². The maximum atomic E-state index is 5.79. The number of rotatable bonds is 6. The summed E-state index contributed by atoms with van der Waals surface area (Å²) in [5.41, 5.74) is 1.15. The number of aromatic nitrogens is 1. The highest BCUT2D eigenvalue weighted by Crippen LogP contribution is 2.31. The average molecular weight is 287 g/mol. The van der Waals surface area contributed by atoms with Gasteiger partial charge in [0.05, 0.1) is 5.69 Å². The van der Waals surface area contributed by atoms with E-state index < -0.39 is 0 Å². The van der Waals surface area contributed by atoms with E-state index in [2.05, 4.69) is 24.1 Å². The first kappa shape index (κ1) is 14.1. The van der Waals surface area contributed by atoms with Crippen LogP contribution in [0.15, 0.2) is 5.38 Å². The third-order valence-corrected chi connectivity index (χ3v) is 4.58. The maximum absolute atomic E-state index is 5.79. The first-order chi connectivity index (χ1) is 8.70. The SMILES string of the molecule is CC(C)CN(c1nc(CCCl)cs1)C1CCCC1. The van der Waals surface area contributed by atoms with Gasteiger partial charge in [-0.25, -0.2) is 4.98 Å². The molecule has 0 atom stereocenters. The molecule has 1 aromatic heterocycles. The highest BCUT2D eigenvalue weighted by atomic mass is 35.5. The van der Waals surface area contributed by atoms with Crippen molar-refractivity contribution in [3.63, 3.8) is 0 Å². The predicted octanol–water partition coefficient (Wildman–Crippen LogP) is 4.33. The van der Waals surface area contributed by atoms with Crippen LogP contribution in [-0.4, -0.2) is 23.5 Å². The molecular formula is C14H23ClN2S. The summed E-state index contributed by atoms with van der Waals surface area (Å²) in [6.45, 7) is 5.70. The lowest BCUT2D eigenvalue weighted by Crippen LogP contribution is -2.36. The monoisotopic (exact) mass is 286 g/mol. The number of nitrogens with zero attached hydrogens (tertiary/aromatic N) is 2. The van der Waals surface area contributed by atoms with Gasteiger partial charge in [0.1, 0.15) is 0 Å². The summed E-state index contributed by atoms with van der Waals surface area (Å²) in [6, 6.07) is 0.711. The lowest BCUT2D eigenvalue weighted by atomic mass is 10.1. The van der Waals surface area contributed by atoms with E-state index in [0.717, 1.165) is 18.7 Å². The number of anilines is 1. The Bertz CT molecular complexity index is 358. The molecule has 0 bridgehead atoms. The Labute approximate surface area is 119 Å². The van der Waals surface area contributed by atoms with E-state index in [1.54, 1.807) is 11.3 Å². The molecule has 0 aromatic carbocycles. The van der Waals surface area contributed by atoms with Crippen LogP contribution < -0.4 is 4.90 Å². The van der Waals surface area contributed by atoms with Crippen LogP contribution in [0, 0.1) is 5.92 Å². The van der Waals surface area contributed by atoms with Crippen molar-refractivity contribution in [2.75, 3.05) is 17.3 Å². The third kappa shape index (κ3) is 3.61. The van der Waals surface area contributed by atoms with Gasteiger partial charge in [0, 0.05) is 30.3 Å². The molecule has 0 N–H and O–H groups in total. The molecule has 1 fully saturated rings. The molecule has 0 unspecified atom stereocenters. The lowest BCUT2D eigenvalue weighted by Gasteiger charge is -2.30. The summed E-state index contributed by atoms with van der Waals surface area (Å²) < 4.78 is 0. The predicted molar refractivity (Wildman–Crippen MR) is 81.0 cm³/mol. The number of halogens is 1. The van der Waals surface area contributed by atoms with Crippen molar-refractivity contribution >= 4 is 28.1 Å². The van der Waals surface area contributed by atoms with Crippen LogP contribution in [0.1, 0.15) is 45.2 Å². The highest BCUT2D eigenvalue weighted by molar-refractivity contribution is 7.13. The molecule has 1 heterocycles. The van der Waals surface area contributed by atoms with Crippen LogP contribution in [0.3, 0.4) is 0 Å². The maximum Gasteiger partial charge on any atom is 0.185 e. The summed E-state index contributed by atoms with van der Waals surface area (Å²) in [4.78, 5) is 7.30. The third-order valence-electron chi connectivity index (χ3n) is 3.46. The van der Waals surface area contributed by atoms with E-state index >= 15 is 0 Å². The normalized spacial score (nSPS) is 16.7. The van der Waals surface area contributed by atoms with Gasteiger partial charge in [0.2, 0.25) is 0 Å². The van der Waals surface area contributed by atoms with Crippen molar-refractivity contribution in [2.45, 2.75) is 52.0 Å². The standard InChI is InChI=1S/C14H23ClN2S/c1-11(2)9-17(13-5-3-4-6-13)14-16-12(7-8-15)10-18-14/h10-11,13H,3-9H2,1-2H3. The van der Waals surface area contributed by atoms with E-state index in [9.17, 15) is 0 Å². The molecule has 18 heavy (non-hydrogen) atoms. The molecule has 4 heteroatoms. The Hall–Kier alpha value is -0.280. The van der Waals surface area contributed by atoms with E-state index in [1.165, 1.54) is 30.8 Å². The first-order valence-electron chi connectivity index (χ1n) is 6.97. The minimum absolute atomic E-state index is 0.663. The van der Waals surface area contributed by atoms with Crippen LogP contribution >= 0.6 is 22.9 Å². The van der Waals surface area contributed by atoms with Gasteiger partial charge in [-0.1, -0.05) is 26.7 Å². The molecule has 2 nitrogen and oxygen atoms in total. The second kappa shape index (κ2) is 6.76. The van der Waals surface area contributed by atoms with Gasteiger partial charge in [0.15, 0.2) is 5.13 Å². The molecule has 0 saturated heterocycles. The number of hydrogen-bond acceptors (Lipinski definition) is 3. The molecule has 0 radical (unpaired) electrons. The smallest absolute Gasteiger partial charge is 0.185 e. The number of thiazole rings is 1. The summed E-state index contributed by atoms with van der Waals surface area (Å²) in [6.07, 6.45) is 6.30. The minimum atomic E-state index is 0.663. The Balaban J connectivity index is 2.10. The fourth-order valence-corrected chi connectivity index (χ4v) is 3.77. The molecule has 1 saturated carbocycles. The van der Waals surface area contributed by atoms with Crippen molar-refractivity contribution in [2.24, 2.45) is 5.92 Å². The number of alkyl halides is 1. The molecule has 2 rings (SSSR count). The summed E-state index contributed by atoms with van der Waals surface area (Å²) in [7, 11) is 0. The van der Waals surface area contributed by atoms with Gasteiger partial charge in [-0.3, -0.25) is 0 Å². The molecule has 1 aliphatic carbocycles. The van der Waals surface area contributed by atoms with Crippen molar-refractivity contribution in [3.8, 4) is 0 Å². The van der Waals surface area contributed by atoms with Crippen LogP contribution in [0.5, 0.6) is 0 Å². The van der Waals surface area contributed by atoms with E-state index in [1.807, 2.05) is 0 Å². The summed E-state index contributed by atoms with van der Waals surface area (Å²) >= 11 is 7.57. The highest BCUT2D eigenvalue weighted by Gasteiger charge is 2.25. The first-order valence-corrected chi connectivity index (χ1v) is 8.39. The van der Waals surface area contributed by atoms with E-state index in [-0.39, 0.29) is 0 Å². The molecule has 0 amide bonds. The zero-order valence-electron chi connectivity index (χ0n) is 11.4. The van der Waals surface area contributed by atoms with Gasteiger partial charge < -0.3 is 4.90 Å². The van der Waals surface area contributed by atoms with Crippen molar-refractivity contribution < 1.29 is 0 Å². The van der Waals surface area contributed by atoms with Gasteiger partial charge >= 0.3 is 0 Å². The summed E-state index contributed by atoms with van der Waals surface area (Å²) in [5.74, 6) is 1.35. The zero-order valence-corrected chi connectivity index (χ0v) is 12.9. The van der Waals surface area contributed by atoms with Crippen molar-refractivity contribution in [1.29, 1.82) is 0 Å². The van der Waals surface area contributed by atoms with Gasteiger partial charge in [-0.2, -0.15) is 0 Å². The Morgan fingerprint density at radius 1 is 1.44 bits per heavy atom. The van der Waals surface area contributed by atoms with Crippen LogP contribution in [0.25, 0.3) is 0 Å². The number of hydrogen-bond donors (Lipinski definition) is 0. The second-order valence-corrected chi connectivity index (χ2v) is 6.76. The Kier molecular flexibility index (Phi) is 5.31. The molecule has 0 spiro atoms. The van der Waals surface area contributed by atoms with E-state index in [0.29, 0.717) is 17.8 Å². The number of aryl methyl sites for hydroxylation is 1. The van der Waals surface area contributed by atoms with Gasteiger partial charge in [0.25, 0.3) is 0 Å². The van der Waals surface area contributed by atoms with Crippen LogP contribution in [-0.2, 0) is 6.42 Å². The van der Waals surface area contributed by atoms with Gasteiger partial charge in [-0.15, -0.1) is 22.9 Å². The quantitative estimate of drug-likeness (QED) is 0.724. The van der Waals surface area contributed by atoms with Crippen molar-refractivity contribution in [1.82, 2.24) is 4.98 Å². The second-order valence-electron chi connectivity index (χ2n) is 5.54.